The van der Waals surface area contributed by atoms with Crippen LogP contribution in [0.3, 0.4) is 0 Å². The smallest absolute Gasteiger partial charge is 0.133 e. The topological polar surface area (TPSA) is 54.5 Å². The highest BCUT2D eigenvalue weighted by molar-refractivity contribution is 7.08. The molecule has 0 radical (unpaired) electrons. The minimum Gasteiger partial charge on any atom is -0.297 e. The Labute approximate surface area is 174 Å². The predicted octanol–water partition coefficient (Wildman–Crippen LogP) is 6.16. The number of halogens is 2. The van der Waals surface area contributed by atoms with Crippen LogP contribution >= 0.6 is 22.9 Å². The molecule has 0 N–H and O–H groups in total. The van der Waals surface area contributed by atoms with E-state index < -0.39 is 0 Å². The summed E-state index contributed by atoms with van der Waals surface area (Å²) in [7, 11) is 0. The van der Waals surface area contributed by atoms with Gasteiger partial charge in [-0.3, -0.25) is 9.55 Å². The number of benzene rings is 2. The molecule has 4 nitrogen and oxygen atoms in total. The first kappa shape index (κ1) is 17.8. The summed E-state index contributed by atoms with van der Waals surface area (Å²) >= 11 is 8.03. The Hall–Kier alpha value is -3.27. The van der Waals surface area contributed by atoms with E-state index in [4.69, 9.17) is 16.9 Å². The fourth-order valence-electron chi connectivity index (χ4n) is 3.48. The van der Waals surface area contributed by atoms with Crippen LogP contribution in [0, 0.1) is 17.1 Å². The van der Waals surface area contributed by atoms with Gasteiger partial charge >= 0.3 is 0 Å². The summed E-state index contributed by atoms with van der Waals surface area (Å²) < 4.78 is 16.6. The quantitative estimate of drug-likeness (QED) is 0.352. The van der Waals surface area contributed by atoms with Crippen LogP contribution in [0.25, 0.3) is 38.8 Å². The van der Waals surface area contributed by atoms with Crippen molar-refractivity contribution < 1.29 is 4.39 Å². The number of rotatable bonds is 3. The molecule has 29 heavy (non-hydrogen) atoms. The molecule has 0 spiro atoms. The van der Waals surface area contributed by atoms with Crippen molar-refractivity contribution in [2.45, 2.75) is 6.42 Å². The molecule has 0 bridgehead atoms. The lowest BCUT2D eigenvalue weighted by atomic mass is 10.0. The van der Waals surface area contributed by atoms with Gasteiger partial charge in [-0.15, -0.1) is 0 Å². The molecule has 5 aromatic rings. The second-order valence-electron chi connectivity index (χ2n) is 6.59. The van der Waals surface area contributed by atoms with Crippen molar-refractivity contribution in [2.75, 3.05) is 0 Å². The minimum absolute atomic E-state index is 0.292. The summed E-state index contributed by atoms with van der Waals surface area (Å²) in [4.78, 5) is 8.84. The number of imidazole rings is 1. The van der Waals surface area contributed by atoms with Crippen LogP contribution in [-0.2, 0) is 6.42 Å². The first-order chi connectivity index (χ1) is 14.2. The largest absolute Gasteiger partial charge is 0.297 e. The molecule has 0 amide bonds. The van der Waals surface area contributed by atoms with Gasteiger partial charge in [0.25, 0.3) is 0 Å². The Kier molecular flexibility index (Phi) is 4.27. The van der Waals surface area contributed by atoms with Crippen LogP contribution in [0.15, 0.2) is 59.7 Å². The standard InChI is InChI=1S/C22H12ClFN4S/c23-17-7-13(3-5-25)1-2-21(17)28-12-27-20-10-26-19-9-18(24)15(8-16(19)22(20)28)14-4-6-29-11-14/h1-2,4,6-12H,3H2. The monoisotopic (exact) mass is 418 g/mol. The van der Waals surface area contributed by atoms with Gasteiger partial charge in [-0.2, -0.15) is 16.6 Å². The van der Waals surface area contributed by atoms with Crippen molar-refractivity contribution in [3.05, 3.63) is 76.1 Å². The first-order valence-corrected chi connectivity index (χ1v) is 10.1. The number of nitriles is 1. The third-order valence-electron chi connectivity index (χ3n) is 4.85. The van der Waals surface area contributed by atoms with E-state index in [0.29, 0.717) is 28.0 Å². The third kappa shape index (κ3) is 2.96. The van der Waals surface area contributed by atoms with Gasteiger partial charge in [0, 0.05) is 17.0 Å². The van der Waals surface area contributed by atoms with E-state index >= 15 is 0 Å². The molecule has 3 heterocycles. The number of fused-ring (bicyclic) bond motifs is 3. The number of hydrogen-bond acceptors (Lipinski definition) is 4. The summed E-state index contributed by atoms with van der Waals surface area (Å²) in [5, 5.41) is 14.1. The highest BCUT2D eigenvalue weighted by Crippen LogP contribution is 2.34. The van der Waals surface area contributed by atoms with Gasteiger partial charge in [-0.05, 0) is 46.2 Å². The van der Waals surface area contributed by atoms with Crippen LogP contribution in [0.1, 0.15) is 5.56 Å². The maximum atomic E-state index is 14.7. The van der Waals surface area contributed by atoms with Crippen LogP contribution in [-0.4, -0.2) is 14.5 Å². The normalized spacial score (nSPS) is 11.2. The lowest BCUT2D eigenvalue weighted by Crippen LogP contribution is -1.96. The molecule has 2 aromatic carbocycles. The van der Waals surface area contributed by atoms with E-state index in [-0.39, 0.29) is 5.82 Å². The van der Waals surface area contributed by atoms with Crippen molar-refractivity contribution in [3.63, 3.8) is 0 Å². The van der Waals surface area contributed by atoms with Crippen LogP contribution in [0.2, 0.25) is 5.02 Å². The average Bonchev–Trinajstić information content (AvgIpc) is 3.38. The Bertz CT molecular complexity index is 1420. The third-order valence-corrected chi connectivity index (χ3v) is 5.84. The van der Waals surface area contributed by atoms with Gasteiger partial charge in [0.15, 0.2) is 0 Å². The minimum atomic E-state index is -0.312. The number of pyridine rings is 1. The SMILES string of the molecule is N#CCc1ccc(-n2cnc3cnc4cc(F)c(-c5ccsc5)cc4c32)c(Cl)c1. The van der Waals surface area contributed by atoms with E-state index in [0.717, 1.165) is 27.7 Å². The second kappa shape index (κ2) is 6.96. The van der Waals surface area contributed by atoms with Gasteiger partial charge in [0.2, 0.25) is 0 Å². The highest BCUT2D eigenvalue weighted by Gasteiger charge is 2.16. The average molecular weight is 419 g/mol. The maximum absolute atomic E-state index is 14.7. The molecule has 0 saturated carbocycles. The molecular formula is C22H12ClFN4S. The van der Waals surface area contributed by atoms with Crippen LogP contribution < -0.4 is 0 Å². The molecule has 7 heteroatoms. The molecule has 0 aliphatic heterocycles. The van der Waals surface area contributed by atoms with Crippen molar-refractivity contribution in [1.29, 1.82) is 5.26 Å². The Morgan fingerprint density at radius 3 is 2.79 bits per heavy atom. The molecular weight excluding hydrogens is 407 g/mol. The molecule has 5 rings (SSSR count). The van der Waals surface area contributed by atoms with Gasteiger partial charge in [-0.1, -0.05) is 17.7 Å². The molecule has 3 aromatic heterocycles. The lowest BCUT2D eigenvalue weighted by Gasteiger charge is -2.11. The van der Waals surface area contributed by atoms with Crippen molar-refractivity contribution in [3.8, 4) is 22.9 Å². The zero-order valence-electron chi connectivity index (χ0n) is 14.9. The molecule has 0 aliphatic rings. The molecule has 140 valence electrons. The van der Waals surface area contributed by atoms with E-state index in [9.17, 15) is 4.39 Å². The van der Waals surface area contributed by atoms with Crippen LogP contribution in [0.4, 0.5) is 4.39 Å². The number of aromatic nitrogens is 3. The highest BCUT2D eigenvalue weighted by atomic mass is 35.5. The Morgan fingerprint density at radius 2 is 2.03 bits per heavy atom. The number of thiophene rings is 1. The fourth-order valence-corrected chi connectivity index (χ4v) is 4.43. The summed E-state index contributed by atoms with van der Waals surface area (Å²) in [5.41, 5.74) is 4.99. The zero-order chi connectivity index (χ0) is 20.0. The fraction of sp³-hybridized carbons (Fsp3) is 0.0455. The van der Waals surface area contributed by atoms with Gasteiger partial charge in [0.05, 0.1) is 40.4 Å². The lowest BCUT2D eigenvalue weighted by molar-refractivity contribution is 0.633. The summed E-state index contributed by atoms with van der Waals surface area (Å²) in [5.74, 6) is -0.312. The molecule has 0 atom stereocenters. The van der Waals surface area contributed by atoms with Gasteiger partial charge in [-0.25, -0.2) is 9.37 Å². The van der Waals surface area contributed by atoms with Crippen molar-refractivity contribution >= 4 is 44.9 Å². The summed E-state index contributed by atoms with van der Waals surface area (Å²) in [6.45, 7) is 0. The summed E-state index contributed by atoms with van der Waals surface area (Å²) in [6, 6.07) is 12.8. The predicted molar refractivity (Wildman–Crippen MR) is 114 cm³/mol. The van der Waals surface area contributed by atoms with Gasteiger partial charge < -0.3 is 0 Å². The van der Waals surface area contributed by atoms with E-state index in [2.05, 4.69) is 16.0 Å². The van der Waals surface area contributed by atoms with Crippen molar-refractivity contribution in [2.24, 2.45) is 0 Å². The Morgan fingerprint density at radius 1 is 1.14 bits per heavy atom. The molecule has 0 fully saturated rings. The summed E-state index contributed by atoms with van der Waals surface area (Å²) in [6.07, 6.45) is 3.61. The molecule has 0 saturated heterocycles. The van der Waals surface area contributed by atoms with E-state index in [1.165, 1.54) is 17.4 Å². The number of nitrogens with zero attached hydrogens (tertiary/aromatic N) is 4. The van der Waals surface area contributed by atoms with E-state index in [1.54, 1.807) is 18.6 Å². The first-order valence-electron chi connectivity index (χ1n) is 8.79. The molecule has 0 aliphatic carbocycles. The van der Waals surface area contributed by atoms with Gasteiger partial charge in [0.1, 0.15) is 17.7 Å². The van der Waals surface area contributed by atoms with E-state index in [1.807, 2.05) is 39.6 Å². The second-order valence-corrected chi connectivity index (χ2v) is 7.78. The number of hydrogen-bond donors (Lipinski definition) is 0. The maximum Gasteiger partial charge on any atom is 0.133 e. The Balaban J connectivity index is 1.79. The van der Waals surface area contributed by atoms with Crippen molar-refractivity contribution in [1.82, 2.24) is 14.5 Å². The molecule has 0 unspecified atom stereocenters. The zero-order valence-corrected chi connectivity index (χ0v) is 16.5. The van der Waals surface area contributed by atoms with Crippen LogP contribution in [0.5, 0.6) is 0 Å².